The number of nitrogens with two attached hydrogens (primary N) is 1. The number of benzene rings is 2. The van der Waals surface area contributed by atoms with E-state index < -0.39 is 0 Å². The van der Waals surface area contributed by atoms with Crippen LogP contribution in [0.5, 0.6) is 0 Å². The van der Waals surface area contributed by atoms with E-state index in [4.69, 9.17) is 5.73 Å². The maximum atomic E-state index is 12.8. The van der Waals surface area contributed by atoms with Crippen molar-refractivity contribution in [3.63, 3.8) is 0 Å². The molecule has 0 aliphatic carbocycles. The van der Waals surface area contributed by atoms with E-state index in [9.17, 15) is 4.79 Å². The molecule has 0 bridgehead atoms. The molecule has 0 fully saturated rings. The highest BCUT2D eigenvalue weighted by atomic mass is 79.9. The number of fused-ring (bicyclic) bond motifs is 1. The summed E-state index contributed by atoms with van der Waals surface area (Å²) in [5.41, 5.74) is 9.23. The summed E-state index contributed by atoms with van der Waals surface area (Å²) in [6, 6.07) is 11.4. The number of hydrogen-bond donors (Lipinski definition) is 1. The number of aryl methyl sites for hydroxylation is 1. The first-order valence-corrected chi connectivity index (χ1v) is 8.44. The molecule has 21 heavy (non-hydrogen) atoms. The molecule has 2 N–H and O–H groups in total. The summed E-state index contributed by atoms with van der Waals surface area (Å²) in [6.07, 6.45) is 0. The zero-order valence-corrected chi connectivity index (χ0v) is 14.0. The lowest BCUT2D eigenvalue weighted by molar-refractivity contribution is 0.0987. The van der Waals surface area contributed by atoms with Gasteiger partial charge in [0.1, 0.15) is 0 Å². The van der Waals surface area contributed by atoms with Crippen molar-refractivity contribution in [1.82, 2.24) is 0 Å². The molecule has 0 radical (unpaired) electrons. The minimum atomic E-state index is 0.0257. The molecule has 1 amide bonds. The van der Waals surface area contributed by atoms with Crippen molar-refractivity contribution < 1.29 is 4.79 Å². The van der Waals surface area contributed by atoms with Crippen LogP contribution in [0.25, 0.3) is 0 Å². The Balaban J connectivity index is 1.99. The molecule has 3 rings (SSSR count). The lowest BCUT2D eigenvalue weighted by Crippen LogP contribution is -2.35. The van der Waals surface area contributed by atoms with E-state index in [0.29, 0.717) is 17.8 Å². The molecule has 0 saturated carbocycles. The van der Waals surface area contributed by atoms with E-state index in [1.807, 2.05) is 48.2 Å². The largest absolute Gasteiger partial charge is 0.399 e. The van der Waals surface area contributed by atoms with Gasteiger partial charge in [0.15, 0.2) is 0 Å². The van der Waals surface area contributed by atoms with Gasteiger partial charge < -0.3 is 10.6 Å². The molecule has 108 valence electrons. The Hall–Kier alpha value is -1.46. The van der Waals surface area contributed by atoms with Crippen LogP contribution in [0.15, 0.2) is 45.8 Å². The van der Waals surface area contributed by atoms with Crippen LogP contribution in [0.4, 0.5) is 11.4 Å². The van der Waals surface area contributed by atoms with E-state index >= 15 is 0 Å². The van der Waals surface area contributed by atoms with Crippen LogP contribution in [0.3, 0.4) is 0 Å². The maximum Gasteiger partial charge on any atom is 0.258 e. The third kappa shape index (κ3) is 2.80. The number of halogens is 1. The quantitative estimate of drug-likeness (QED) is 0.777. The summed E-state index contributed by atoms with van der Waals surface area (Å²) in [7, 11) is 0. The molecule has 1 aliphatic heterocycles. The molecule has 0 unspecified atom stereocenters. The molecule has 2 aromatic rings. The molecule has 1 aliphatic rings. The predicted octanol–water partition coefficient (Wildman–Crippen LogP) is 4.09. The zero-order chi connectivity index (χ0) is 15.0. The molecule has 0 spiro atoms. The fourth-order valence-electron chi connectivity index (χ4n) is 2.38. The molecule has 2 aromatic carbocycles. The maximum absolute atomic E-state index is 12.8. The molecule has 3 nitrogen and oxygen atoms in total. The Morgan fingerprint density at radius 3 is 2.86 bits per heavy atom. The Bertz CT molecular complexity index is 717. The normalized spacial score (nSPS) is 13.9. The van der Waals surface area contributed by atoms with Crippen LogP contribution in [-0.2, 0) is 0 Å². The number of nitrogens with zero attached hydrogens (tertiary/aromatic N) is 1. The summed E-state index contributed by atoms with van der Waals surface area (Å²) < 4.78 is 1.01. The van der Waals surface area contributed by atoms with Crippen molar-refractivity contribution in [3.05, 3.63) is 52.0 Å². The van der Waals surface area contributed by atoms with Gasteiger partial charge in [-0.05, 0) is 48.9 Å². The Kier molecular flexibility index (Phi) is 3.95. The van der Waals surface area contributed by atoms with E-state index in [1.165, 1.54) is 0 Å². The van der Waals surface area contributed by atoms with Crippen LogP contribution >= 0.6 is 27.7 Å². The second-order valence-electron chi connectivity index (χ2n) is 5.00. The van der Waals surface area contributed by atoms with Crippen LogP contribution in [0.1, 0.15) is 15.9 Å². The Morgan fingerprint density at radius 2 is 2.10 bits per heavy atom. The number of rotatable bonds is 1. The third-order valence-electron chi connectivity index (χ3n) is 3.50. The first-order chi connectivity index (χ1) is 10.1. The van der Waals surface area contributed by atoms with Crippen molar-refractivity contribution in [2.75, 3.05) is 22.9 Å². The lowest BCUT2D eigenvalue weighted by atomic mass is 10.1. The molecular weight excluding hydrogens is 348 g/mol. The van der Waals surface area contributed by atoms with E-state index in [1.54, 1.807) is 11.8 Å². The van der Waals surface area contributed by atoms with Crippen LogP contribution in [0.2, 0.25) is 0 Å². The minimum absolute atomic E-state index is 0.0257. The second kappa shape index (κ2) is 5.73. The lowest BCUT2D eigenvalue weighted by Gasteiger charge is -2.29. The van der Waals surface area contributed by atoms with Gasteiger partial charge in [-0.2, -0.15) is 0 Å². The number of hydrogen-bond acceptors (Lipinski definition) is 3. The number of nitrogen functional groups attached to an aromatic ring is 1. The predicted molar refractivity (Wildman–Crippen MR) is 92.1 cm³/mol. The third-order valence-corrected chi connectivity index (χ3v) is 5.43. The smallest absolute Gasteiger partial charge is 0.258 e. The Morgan fingerprint density at radius 1 is 1.29 bits per heavy atom. The summed E-state index contributed by atoms with van der Waals surface area (Å²) >= 11 is 5.23. The summed E-state index contributed by atoms with van der Waals surface area (Å²) in [5, 5.41) is 0. The molecule has 0 saturated heterocycles. The van der Waals surface area contributed by atoms with Gasteiger partial charge in [0.05, 0.1) is 5.69 Å². The molecule has 0 atom stereocenters. The van der Waals surface area contributed by atoms with Crippen molar-refractivity contribution in [3.8, 4) is 0 Å². The van der Waals surface area contributed by atoms with Crippen molar-refractivity contribution in [2.24, 2.45) is 0 Å². The molecule has 1 heterocycles. The highest BCUT2D eigenvalue weighted by Gasteiger charge is 2.24. The highest BCUT2D eigenvalue weighted by Crippen LogP contribution is 2.36. The number of carbonyl (C=O) groups excluding carboxylic acids is 1. The summed E-state index contributed by atoms with van der Waals surface area (Å²) in [6.45, 7) is 2.69. The number of amides is 1. The van der Waals surface area contributed by atoms with Gasteiger partial charge in [-0.3, -0.25) is 4.79 Å². The first kappa shape index (κ1) is 14.5. The fraction of sp³-hybridized carbons (Fsp3) is 0.188. The summed E-state index contributed by atoms with van der Waals surface area (Å²) in [5.74, 6) is 0.927. The fourth-order valence-corrected chi connectivity index (χ4v) is 3.60. The van der Waals surface area contributed by atoms with Gasteiger partial charge in [0.2, 0.25) is 0 Å². The minimum Gasteiger partial charge on any atom is -0.399 e. The van der Waals surface area contributed by atoms with E-state index in [-0.39, 0.29) is 5.91 Å². The van der Waals surface area contributed by atoms with Crippen LogP contribution < -0.4 is 10.6 Å². The van der Waals surface area contributed by atoms with E-state index in [0.717, 1.165) is 26.4 Å². The standard InChI is InChI=1S/C16H15BrN2OS/c1-10-8-11(2-4-13(10)17)16(20)19-6-7-21-15-5-3-12(18)9-14(15)19/h2-5,8-9H,6-7,18H2,1H3. The monoisotopic (exact) mass is 362 g/mol. The SMILES string of the molecule is Cc1cc(C(=O)N2CCSc3ccc(N)cc32)ccc1Br. The van der Waals surface area contributed by atoms with Crippen LogP contribution in [-0.4, -0.2) is 18.2 Å². The topological polar surface area (TPSA) is 46.3 Å². The zero-order valence-electron chi connectivity index (χ0n) is 11.6. The average Bonchev–Trinajstić information content (AvgIpc) is 2.48. The van der Waals surface area contributed by atoms with Gasteiger partial charge in [-0.15, -0.1) is 11.8 Å². The first-order valence-electron chi connectivity index (χ1n) is 6.66. The van der Waals surface area contributed by atoms with Crippen molar-refractivity contribution >= 4 is 45.0 Å². The van der Waals surface area contributed by atoms with Gasteiger partial charge in [0.25, 0.3) is 5.91 Å². The van der Waals surface area contributed by atoms with Crippen molar-refractivity contribution in [2.45, 2.75) is 11.8 Å². The molecule has 0 aromatic heterocycles. The Labute approximate surface area is 136 Å². The summed E-state index contributed by atoms with van der Waals surface area (Å²) in [4.78, 5) is 15.7. The van der Waals surface area contributed by atoms with Gasteiger partial charge >= 0.3 is 0 Å². The molecule has 5 heteroatoms. The van der Waals surface area contributed by atoms with Gasteiger partial charge in [-0.1, -0.05) is 15.9 Å². The average molecular weight is 363 g/mol. The number of thioether (sulfide) groups is 1. The van der Waals surface area contributed by atoms with Crippen LogP contribution in [0, 0.1) is 6.92 Å². The van der Waals surface area contributed by atoms with Gasteiger partial charge in [-0.25, -0.2) is 0 Å². The number of carbonyl (C=O) groups is 1. The van der Waals surface area contributed by atoms with E-state index in [2.05, 4.69) is 15.9 Å². The van der Waals surface area contributed by atoms with Gasteiger partial charge in [0, 0.05) is 32.9 Å². The highest BCUT2D eigenvalue weighted by molar-refractivity contribution is 9.10. The second-order valence-corrected chi connectivity index (χ2v) is 6.99. The number of anilines is 2. The van der Waals surface area contributed by atoms with Crippen molar-refractivity contribution in [1.29, 1.82) is 0 Å². The molecular formula is C16H15BrN2OS.